The standard InChI is InChI=1S/C58H37N4/c1-2-18-42(19-3-1)61-53-27-11-9-24-47(53)51-35-39(30-33-54(51)61)40-29-31-48-46-23-8-10-26-52(46)62(55(48)36-40)43-20-12-17-41(34-43)58-59-56-45-22-7-5-15-38(45)28-32-50(56)57(60-58)49-25-13-16-37-14-4-6-21-44(37)49/h1-36,58H/q-1. The largest absolute Gasteiger partial charge is 0.659 e. The van der Waals surface area contributed by atoms with Crippen LogP contribution < -0.4 is 0 Å². The third-order valence-electron chi connectivity index (χ3n) is 12.8. The van der Waals surface area contributed by atoms with Gasteiger partial charge in [0, 0.05) is 44.6 Å². The Morgan fingerprint density at radius 2 is 0.935 bits per heavy atom. The first-order valence-electron chi connectivity index (χ1n) is 21.3. The fourth-order valence-electron chi connectivity index (χ4n) is 9.98. The molecule has 4 nitrogen and oxygen atoms in total. The zero-order chi connectivity index (χ0) is 40.7. The van der Waals surface area contributed by atoms with E-state index in [1.807, 2.05) is 0 Å². The molecule has 0 aliphatic carbocycles. The van der Waals surface area contributed by atoms with Gasteiger partial charge in [0.05, 0.1) is 27.8 Å². The first-order valence-corrected chi connectivity index (χ1v) is 21.3. The van der Waals surface area contributed by atoms with Gasteiger partial charge in [-0.05, 0) is 98.4 Å². The van der Waals surface area contributed by atoms with Crippen LogP contribution in [0, 0.1) is 0 Å². The monoisotopic (exact) mass is 789 g/mol. The molecule has 0 saturated heterocycles. The Morgan fingerprint density at radius 1 is 0.355 bits per heavy atom. The topological polar surface area (TPSA) is 36.3 Å². The summed E-state index contributed by atoms with van der Waals surface area (Å²) in [7, 11) is 0. The fourth-order valence-corrected chi connectivity index (χ4v) is 9.98. The van der Waals surface area contributed by atoms with Gasteiger partial charge in [0.1, 0.15) is 0 Å². The lowest BCUT2D eigenvalue weighted by molar-refractivity contribution is 0.872. The summed E-state index contributed by atoms with van der Waals surface area (Å²) in [4.78, 5) is 5.53. The molecule has 13 rings (SSSR count). The maximum atomic E-state index is 5.53. The third-order valence-corrected chi connectivity index (χ3v) is 12.8. The molecule has 10 aromatic carbocycles. The maximum Gasteiger partial charge on any atom is 0.0701 e. The van der Waals surface area contributed by atoms with Crippen molar-refractivity contribution in [2.45, 2.75) is 6.17 Å². The van der Waals surface area contributed by atoms with Crippen LogP contribution in [0.25, 0.3) is 93.0 Å². The van der Waals surface area contributed by atoms with Crippen molar-refractivity contribution < 1.29 is 0 Å². The lowest BCUT2D eigenvalue weighted by Gasteiger charge is -2.39. The van der Waals surface area contributed by atoms with Crippen LogP contribution in [0.2, 0.25) is 0 Å². The predicted octanol–water partition coefficient (Wildman–Crippen LogP) is 15.4. The first kappa shape index (κ1) is 34.6. The summed E-state index contributed by atoms with van der Waals surface area (Å²) >= 11 is 0. The van der Waals surface area contributed by atoms with Crippen LogP contribution in [-0.2, 0) is 0 Å². The molecule has 0 fully saturated rings. The van der Waals surface area contributed by atoms with E-state index in [4.69, 9.17) is 10.3 Å². The molecule has 0 saturated carbocycles. The number of aliphatic imine (C=N–C) groups is 1. The van der Waals surface area contributed by atoms with E-state index < -0.39 is 6.17 Å². The van der Waals surface area contributed by atoms with E-state index in [1.165, 1.54) is 59.9 Å². The van der Waals surface area contributed by atoms with Crippen molar-refractivity contribution in [2.24, 2.45) is 4.99 Å². The van der Waals surface area contributed by atoms with E-state index in [-0.39, 0.29) is 0 Å². The van der Waals surface area contributed by atoms with Gasteiger partial charge in [0.2, 0.25) is 0 Å². The van der Waals surface area contributed by atoms with Gasteiger partial charge in [0.15, 0.2) is 0 Å². The summed E-state index contributed by atoms with van der Waals surface area (Å²) in [5.74, 6) is 0. The second kappa shape index (κ2) is 13.7. The van der Waals surface area contributed by atoms with Crippen molar-refractivity contribution in [3.05, 3.63) is 240 Å². The number of para-hydroxylation sites is 3. The second-order valence-corrected chi connectivity index (χ2v) is 16.3. The number of aromatic nitrogens is 2. The second-order valence-electron chi connectivity index (χ2n) is 16.3. The molecule has 0 bridgehead atoms. The lowest BCUT2D eigenvalue weighted by atomic mass is 9.91. The molecule has 3 heterocycles. The Hall–Kier alpha value is -8.21. The van der Waals surface area contributed by atoms with Gasteiger partial charge in [-0.15, -0.1) is 5.69 Å². The Kier molecular flexibility index (Phi) is 7.63. The average molecular weight is 790 g/mol. The smallest absolute Gasteiger partial charge is 0.0701 e. The van der Waals surface area contributed by atoms with Crippen LogP contribution in [0.4, 0.5) is 5.69 Å². The number of hydrogen-bond donors (Lipinski definition) is 0. The molecule has 2 aromatic heterocycles. The molecule has 4 heteroatoms. The van der Waals surface area contributed by atoms with Gasteiger partial charge >= 0.3 is 0 Å². The minimum absolute atomic E-state index is 0.435. The van der Waals surface area contributed by atoms with Crippen molar-refractivity contribution in [1.82, 2.24) is 9.13 Å². The summed E-state index contributed by atoms with van der Waals surface area (Å²) in [6.45, 7) is 0. The van der Waals surface area contributed by atoms with E-state index >= 15 is 0 Å². The van der Waals surface area contributed by atoms with Crippen molar-refractivity contribution in [3.8, 4) is 22.5 Å². The van der Waals surface area contributed by atoms with Crippen LogP contribution in [0.1, 0.15) is 22.9 Å². The number of rotatable bonds is 5. The molecule has 1 aliphatic heterocycles. The van der Waals surface area contributed by atoms with Crippen LogP contribution in [0.15, 0.2) is 223 Å². The average Bonchev–Trinajstić information content (AvgIpc) is 3.86. The van der Waals surface area contributed by atoms with Crippen molar-refractivity contribution in [1.29, 1.82) is 0 Å². The highest BCUT2D eigenvalue weighted by Gasteiger charge is 2.21. The first-order chi connectivity index (χ1) is 30.7. The molecule has 0 amide bonds. The Morgan fingerprint density at radius 3 is 1.76 bits per heavy atom. The van der Waals surface area contributed by atoms with Crippen molar-refractivity contribution >= 4 is 76.6 Å². The molecule has 0 radical (unpaired) electrons. The molecule has 12 aromatic rings. The summed E-state index contributed by atoms with van der Waals surface area (Å²) in [5.41, 5.74) is 14.5. The van der Waals surface area contributed by atoms with E-state index in [2.05, 4.69) is 228 Å². The zero-order valence-corrected chi connectivity index (χ0v) is 33.7. The van der Waals surface area contributed by atoms with Gasteiger partial charge in [-0.2, -0.15) is 0 Å². The molecule has 0 spiro atoms. The predicted molar refractivity (Wildman–Crippen MR) is 260 cm³/mol. The number of nitrogens with zero attached hydrogens (tertiary/aromatic N) is 4. The SMILES string of the molecule is c1ccc(-n2c3ccccc3c3cc(-c4ccc5c6ccccc6n(-c6cccc(C7N=C(c8cccc9ccccc89)c8ccc9ccccc9c8[N-]7)c6)c5c4)ccc32)cc1. The zero-order valence-electron chi connectivity index (χ0n) is 33.7. The molecule has 290 valence electrons. The van der Waals surface area contributed by atoms with E-state index in [0.717, 1.165) is 55.9 Å². The van der Waals surface area contributed by atoms with Crippen LogP contribution in [-0.4, -0.2) is 14.8 Å². The third kappa shape index (κ3) is 5.30. The molecule has 62 heavy (non-hydrogen) atoms. The van der Waals surface area contributed by atoms with Crippen molar-refractivity contribution in [3.63, 3.8) is 0 Å². The van der Waals surface area contributed by atoms with E-state index in [9.17, 15) is 0 Å². The summed E-state index contributed by atoms with van der Waals surface area (Å²) in [6, 6.07) is 78.9. The molecule has 1 atom stereocenters. The van der Waals surface area contributed by atoms with Crippen LogP contribution in [0.5, 0.6) is 0 Å². The van der Waals surface area contributed by atoms with Crippen molar-refractivity contribution in [2.75, 3.05) is 0 Å². The Labute approximate surface area is 358 Å². The quantitative estimate of drug-likeness (QED) is 0.167. The molecule has 0 N–H and O–H groups in total. The van der Waals surface area contributed by atoms with Gasteiger partial charge in [-0.1, -0.05) is 164 Å². The molecule has 1 unspecified atom stereocenters. The van der Waals surface area contributed by atoms with Crippen LogP contribution >= 0.6 is 0 Å². The summed E-state index contributed by atoms with van der Waals surface area (Å²) in [5, 5.41) is 15.1. The number of hydrogen-bond acceptors (Lipinski definition) is 1. The van der Waals surface area contributed by atoms with Gasteiger partial charge in [-0.3, -0.25) is 4.99 Å². The Balaban J connectivity index is 0.972. The molecular formula is C58H37N4-. The van der Waals surface area contributed by atoms with E-state index in [0.29, 0.717) is 0 Å². The highest BCUT2D eigenvalue weighted by molar-refractivity contribution is 6.25. The summed E-state index contributed by atoms with van der Waals surface area (Å²) < 4.78 is 4.79. The van der Waals surface area contributed by atoms with Crippen LogP contribution in [0.3, 0.4) is 0 Å². The van der Waals surface area contributed by atoms with Gasteiger partial charge in [-0.25, -0.2) is 0 Å². The minimum atomic E-state index is -0.435. The van der Waals surface area contributed by atoms with Gasteiger partial charge in [0.25, 0.3) is 0 Å². The highest BCUT2D eigenvalue weighted by Crippen LogP contribution is 2.47. The Bertz CT molecular complexity index is 3790. The van der Waals surface area contributed by atoms with Gasteiger partial charge < -0.3 is 14.5 Å². The molecular weight excluding hydrogens is 753 g/mol. The minimum Gasteiger partial charge on any atom is -0.659 e. The van der Waals surface area contributed by atoms with E-state index in [1.54, 1.807) is 0 Å². The maximum absolute atomic E-state index is 5.53. The highest BCUT2D eigenvalue weighted by atomic mass is 15.1. The number of fused-ring (bicyclic) bond motifs is 10. The summed E-state index contributed by atoms with van der Waals surface area (Å²) in [6.07, 6.45) is -0.435. The normalized spacial score (nSPS) is 13.9. The fraction of sp³-hybridized carbons (Fsp3) is 0.0172. The number of benzene rings is 10. The molecule has 1 aliphatic rings. The lowest BCUT2D eigenvalue weighted by Crippen LogP contribution is -2.13.